The van der Waals surface area contributed by atoms with Crippen LogP contribution in [0.4, 0.5) is 0 Å². The summed E-state index contributed by atoms with van der Waals surface area (Å²) in [4.78, 5) is 31.9. The van der Waals surface area contributed by atoms with Gasteiger partial charge in [-0.05, 0) is 36.3 Å². The van der Waals surface area contributed by atoms with E-state index in [1.54, 1.807) is 11.3 Å². The van der Waals surface area contributed by atoms with Crippen molar-refractivity contribution in [1.29, 1.82) is 0 Å². The number of Topliss-reactive ketones (excluding diaryl/α,β-unsaturated/α-hetero) is 1. The molecule has 3 aromatic rings. The monoisotopic (exact) mass is 352 g/mol. The fraction of sp³-hybridized carbons (Fsp3) is 0.350. The highest BCUT2D eigenvalue weighted by Gasteiger charge is 2.21. The maximum absolute atomic E-state index is 12.8. The van der Waals surface area contributed by atoms with Crippen LogP contribution in [0.25, 0.3) is 10.2 Å². The summed E-state index contributed by atoms with van der Waals surface area (Å²) >= 11 is 1.62. The van der Waals surface area contributed by atoms with Gasteiger partial charge in [-0.15, -0.1) is 11.3 Å². The Balaban J connectivity index is 1.65. The summed E-state index contributed by atoms with van der Waals surface area (Å²) in [5.74, 6) is 0.365. The van der Waals surface area contributed by atoms with Crippen LogP contribution < -0.4 is 5.56 Å². The predicted molar refractivity (Wildman–Crippen MR) is 101 cm³/mol. The molecule has 128 valence electrons. The number of benzene rings is 1. The molecule has 0 saturated carbocycles. The molecule has 4 rings (SSSR count). The zero-order valence-corrected chi connectivity index (χ0v) is 15.2. The van der Waals surface area contributed by atoms with E-state index in [0.717, 1.165) is 35.0 Å². The van der Waals surface area contributed by atoms with Gasteiger partial charge in [-0.25, -0.2) is 4.98 Å². The number of ketones is 1. The predicted octanol–water partition coefficient (Wildman–Crippen LogP) is 3.95. The number of hydrogen-bond acceptors (Lipinski definition) is 4. The summed E-state index contributed by atoms with van der Waals surface area (Å²) in [5.41, 5.74) is 2.90. The van der Waals surface area contributed by atoms with Crippen molar-refractivity contribution in [2.24, 2.45) is 0 Å². The van der Waals surface area contributed by atoms with E-state index in [1.165, 1.54) is 21.3 Å². The highest BCUT2D eigenvalue weighted by atomic mass is 32.1. The van der Waals surface area contributed by atoms with Crippen LogP contribution in [0.5, 0.6) is 0 Å². The Kier molecular flexibility index (Phi) is 4.04. The van der Waals surface area contributed by atoms with Crippen LogP contribution in [0.2, 0.25) is 0 Å². The minimum atomic E-state index is -0.0865. The average Bonchev–Trinajstić information content (AvgIpc) is 3.18. The summed E-state index contributed by atoms with van der Waals surface area (Å²) in [6.07, 6.45) is 4.60. The van der Waals surface area contributed by atoms with E-state index in [-0.39, 0.29) is 17.9 Å². The van der Waals surface area contributed by atoms with Gasteiger partial charge >= 0.3 is 0 Å². The van der Waals surface area contributed by atoms with Crippen molar-refractivity contribution in [2.45, 2.75) is 45.6 Å². The number of aromatic nitrogens is 2. The maximum atomic E-state index is 12.8. The summed E-state index contributed by atoms with van der Waals surface area (Å²) in [7, 11) is 0. The van der Waals surface area contributed by atoms with Gasteiger partial charge in [0.25, 0.3) is 5.56 Å². The zero-order chi connectivity index (χ0) is 17.6. The van der Waals surface area contributed by atoms with Gasteiger partial charge in [-0.2, -0.15) is 0 Å². The molecule has 0 radical (unpaired) electrons. The number of nitrogens with zero attached hydrogens (tertiary/aromatic N) is 2. The van der Waals surface area contributed by atoms with Crippen LogP contribution in [0.15, 0.2) is 35.4 Å². The maximum Gasteiger partial charge on any atom is 0.262 e. The van der Waals surface area contributed by atoms with Crippen LogP contribution in [-0.4, -0.2) is 15.3 Å². The lowest BCUT2D eigenvalue weighted by molar-refractivity contribution is 0.0970. The fourth-order valence-corrected chi connectivity index (χ4v) is 4.65. The van der Waals surface area contributed by atoms with Crippen LogP contribution in [-0.2, 0) is 19.4 Å². The summed E-state index contributed by atoms with van der Waals surface area (Å²) in [6.45, 7) is 4.28. The van der Waals surface area contributed by atoms with Gasteiger partial charge < -0.3 is 0 Å². The van der Waals surface area contributed by atoms with E-state index in [2.05, 4.69) is 18.8 Å². The third-order valence-electron chi connectivity index (χ3n) is 4.91. The van der Waals surface area contributed by atoms with Crippen LogP contribution in [0.3, 0.4) is 0 Å². The van der Waals surface area contributed by atoms with Crippen LogP contribution >= 0.6 is 11.3 Å². The Morgan fingerprint density at radius 1 is 1.24 bits per heavy atom. The molecular formula is C20H20N2O2S. The molecule has 0 saturated heterocycles. The molecular weight excluding hydrogens is 332 g/mol. The minimum absolute atomic E-state index is 0.0351. The van der Waals surface area contributed by atoms with Gasteiger partial charge in [0, 0.05) is 10.4 Å². The lowest BCUT2D eigenvalue weighted by Crippen LogP contribution is -2.24. The first-order valence-corrected chi connectivity index (χ1v) is 9.49. The Hall–Kier alpha value is -2.27. The third kappa shape index (κ3) is 2.82. The Bertz CT molecular complexity index is 1010. The molecule has 0 amide bonds. The number of hydrogen-bond donors (Lipinski definition) is 0. The lowest BCUT2D eigenvalue weighted by Gasteiger charge is -2.08. The Labute approximate surface area is 150 Å². The number of rotatable bonds is 4. The van der Waals surface area contributed by atoms with Crippen molar-refractivity contribution in [3.63, 3.8) is 0 Å². The molecule has 0 unspecified atom stereocenters. The number of aryl methyl sites for hydroxylation is 2. The summed E-state index contributed by atoms with van der Waals surface area (Å²) in [5, 5.41) is 0.725. The molecule has 1 aromatic carbocycles. The first kappa shape index (κ1) is 16.2. The summed E-state index contributed by atoms with van der Waals surface area (Å²) < 4.78 is 1.45. The second-order valence-corrected chi connectivity index (χ2v) is 8.00. The number of carbonyl (C=O) groups is 1. The van der Waals surface area contributed by atoms with E-state index in [4.69, 9.17) is 0 Å². The molecule has 0 atom stereocenters. The number of fused-ring (bicyclic) bond motifs is 3. The lowest BCUT2D eigenvalue weighted by atomic mass is 10.0. The van der Waals surface area contributed by atoms with Crippen molar-refractivity contribution < 1.29 is 4.79 Å². The van der Waals surface area contributed by atoms with Gasteiger partial charge in [0.2, 0.25) is 0 Å². The van der Waals surface area contributed by atoms with E-state index in [9.17, 15) is 9.59 Å². The molecule has 0 aliphatic heterocycles. The van der Waals surface area contributed by atoms with Gasteiger partial charge in [0.15, 0.2) is 5.78 Å². The molecule has 2 heterocycles. The quantitative estimate of drug-likeness (QED) is 0.668. The average molecular weight is 352 g/mol. The number of carbonyl (C=O) groups excluding carboxylic acids is 1. The highest BCUT2D eigenvalue weighted by Crippen LogP contribution is 2.34. The van der Waals surface area contributed by atoms with Gasteiger partial charge in [-0.1, -0.05) is 38.1 Å². The molecule has 5 heteroatoms. The van der Waals surface area contributed by atoms with Gasteiger partial charge in [0.05, 0.1) is 18.3 Å². The van der Waals surface area contributed by atoms with Crippen molar-refractivity contribution in [2.75, 3.05) is 0 Å². The van der Waals surface area contributed by atoms with Crippen LogP contribution in [0, 0.1) is 0 Å². The van der Waals surface area contributed by atoms with Crippen molar-refractivity contribution >= 4 is 27.3 Å². The van der Waals surface area contributed by atoms with Crippen LogP contribution in [0.1, 0.15) is 52.5 Å². The molecule has 0 N–H and O–H groups in total. The Morgan fingerprint density at radius 2 is 2.00 bits per heavy atom. The second kappa shape index (κ2) is 6.23. The second-order valence-electron chi connectivity index (χ2n) is 6.92. The largest absolute Gasteiger partial charge is 0.292 e. The molecule has 2 aromatic heterocycles. The van der Waals surface area contributed by atoms with Gasteiger partial charge in [-0.3, -0.25) is 14.2 Å². The minimum Gasteiger partial charge on any atom is -0.292 e. The van der Waals surface area contributed by atoms with E-state index in [1.807, 2.05) is 24.3 Å². The first-order chi connectivity index (χ1) is 12.0. The Morgan fingerprint density at radius 3 is 2.72 bits per heavy atom. The molecule has 0 bridgehead atoms. The normalized spacial score (nSPS) is 13.6. The molecule has 1 aliphatic rings. The molecule has 4 nitrogen and oxygen atoms in total. The van der Waals surface area contributed by atoms with E-state index < -0.39 is 0 Å². The third-order valence-corrected chi connectivity index (χ3v) is 6.10. The van der Waals surface area contributed by atoms with E-state index in [0.29, 0.717) is 11.5 Å². The standard InChI is InChI=1S/C20H20N2O2S/c1-12(2)13-6-8-14(9-7-13)16(23)10-22-11-21-19-18(20(22)24)15-4-3-5-17(15)25-19/h6-9,11-12H,3-5,10H2,1-2H3. The van der Waals surface area contributed by atoms with E-state index >= 15 is 0 Å². The SMILES string of the molecule is CC(C)c1ccc(C(=O)Cn2cnc3sc4c(c3c2=O)CCC4)cc1. The molecule has 0 fully saturated rings. The highest BCUT2D eigenvalue weighted by molar-refractivity contribution is 7.18. The first-order valence-electron chi connectivity index (χ1n) is 8.67. The molecule has 1 aliphatic carbocycles. The molecule has 25 heavy (non-hydrogen) atoms. The van der Waals surface area contributed by atoms with Crippen molar-refractivity contribution in [3.05, 3.63) is 62.5 Å². The molecule has 0 spiro atoms. The van der Waals surface area contributed by atoms with Crippen molar-refractivity contribution in [3.8, 4) is 0 Å². The number of thiophene rings is 1. The summed E-state index contributed by atoms with van der Waals surface area (Å²) in [6, 6.07) is 7.65. The smallest absolute Gasteiger partial charge is 0.262 e. The van der Waals surface area contributed by atoms with Crippen molar-refractivity contribution in [1.82, 2.24) is 9.55 Å². The topological polar surface area (TPSA) is 52.0 Å². The zero-order valence-electron chi connectivity index (χ0n) is 14.4. The van der Waals surface area contributed by atoms with Gasteiger partial charge in [0.1, 0.15) is 4.83 Å². The fourth-order valence-electron chi connectivity index (χ4n) is 3.43.